The Labute approximate surface area is 122 Å². The van der Waals surface area contributed by atoms with E-state index in [0.29, 0.717) is 13.2 Å². The zero-order chi connectivity index (χ0) is 14.8. The van der Waals surface area contributed by atoms with Gasteiger partial charge in [0.25, 0.3) is 0 Å². The van der Waals surface area contributed by atoms with Crippen molar-refractivity contribution >= 4 is 17.5 Å². The number of nitrogens with one attached hydrogen (secondary N) is 1. The molecule has 6 heteroatoms. The molecule has 0 saturated carbocycles. The van der Waals surface area contributed by atoms with E-state index in [1.807, 2.05) is 13.8 Å². The lowest BCUT2D eigenvalue weighted by Gasteiger charge is -2.17. The molecule has 1 aliphatic rings. The average Bonchev–Trinajstić information content (AvgIpc) is 2.71. The monoisotopic (exact) mass is 301 g/mol. The molecule has 0 aromatic heterocycles. The standard InChI is InChI=1S/C14H17ClFNO3/c1-14(2)19-8-9(20-14)7-17-13(18)6-10-11(15)4-3-5-12(10)16/h3-5,9H,6-8H2,1-2H3,(H,17,18). The quantitative estimate of drug-likeness (QED) is 0.928. The highest BCUT2D eigenvalue weighted by Gasteiger charge is 2.32. The van der Waals surface area contributed by atoms with Gasteiger partial charge in [0, 0.05) is 17.1 Å². The van der Waals surface area contributed by atoms with Crippen LogP contribution >= 0.6 is 11.6 Å². The van der Waals surface area contributed by atoms with Gasteiger partial charge < -0.3 is 14.8 Å². The van der Waals surface area contributed by atoms with Crippen LogP contribution in [-0.2, 0) is 20.7 Å². The van der Waals surface area contributed by atoms with E-state index in [-0.39, 0.29) is 29.0 Å². The Balaban J connectivity index is 1.84. The van der Waals surface area contributed by atoms with Crippen LogP contribution in [0.2, 0.25) is 5.02 Å². The van der Waals surface area contributed by atoms with Gasteiger partial charge in [0.15, 0.2) is 5.79 Å². The van der Waals surface area contributed by atoms with E-state index in [9.17, 15) is 9.18 Å². The third-order valence-electron chi connectivity index (χ3n) is 2.99. The second-order valence-electron chi connectivity index (χ2n) is 5.13. The van der Waals surface area contributed by atoms with E-state index >= 15 is 0 Å². The zero-order valence-electron chi connectivity index (χ0n) is 11.4. The minimum Gasteiger partial charge on any atom is -0.353 e. The van der Waals surface area contributed by atoms with Crippen LogP contribution < -0.4 is 5.32 Å². The number of hydrogen-bond acceptors (Lipinski definition) is 3. The van der Waals surface area contributed by atoms with Crippen LogP contribution in [0.15, 0.2) is 18.2 Å². The summed E-state index contributed by atoms with van der Waals surface area (Å²) in [5, 5.41) is 2.95. The molecule has 1 heterocycles. The molecule has 1 fully saturated rings. The van der Waals surface area contributed by atoms with Crippen LogP contribution in [0.3, 0.4) is 0 Å². The first kappa shape index (κ1) is 15.2. The van der Waals surface area contributed by atoms with Gasteiger partial charge in [-0.15, -0.1) is 0 Å². The van der Waals surface area contributed by atoms with E-state index in [4.69, 9.17) is 21.1 Å². The Hall–Kier alpha value is -1.17. The van der Waals surface area contributed by atoms with Gasteiger partial charge in [0.05, 0.1) is 13.0 Å². The van der Waals surface area contributed by atoms with Crippen molar-refractivity contribution in [1.82, 2.24) is 5.32 Å². The zero-order valence-corrected chi connectivity index (χ0v) is 12.2. The van der Waals surface area contributed by atoms with Gasteiger partial charge in [-0.05, 0) is 26.0 Å². The fraction of sp³-hybridized carbons (Fsp3) is 0.500. The summed E-state index contributed by atoms with van der Waals surface area (Å²) < 4.78 is 24.5. The molecule has 0 bridgehead atoms. The summed E-state index contributed by atoms with van der Waals surface area (Å²) in [5.74, 6) is -1.40. The molecule has 1 aromatic rings. The number of ether oxygens (including phenoxy) is 2. The minimum atomic E-state index is -0.621. The molecule has 1 atom stereocenters. The molecular formula is C14H17ClFNO3. The third-order valence-corrected chi connectivity index (χ3v) is 3.35. The molecule has 2 rings (SSSR count). The largest absolute Gasteiger partial charge is 0.353 e. The van der Waals surface area contributed by atoms with E-state index < -0.39 is 11.6 Å². The highest BCUT2D eigenvalue weighted by molar-refractivity contribution is 6.31. The molecule has 1 saturated heterocycles. The van der Waals surface area contributed by atoms with Crippen LogP contribution in [-0.4, -0.2) is 30.9 Å². The highest BCUT2D eigenvalue weighted by atomic mass is 35.5. The van der Waals surface area contributed by atoms with Gasteiger partial charge in [0.1, 0.15) is 11.9 Å². The summed E-state index contributed by atoms with van der Waals surface area (Å²) >= 11 is 5.87. The smallest absolute Gasteiger partial charge is 0.224 e. The van der Waals surface area contributed by atoms with Crippen LogP contribution in [0.25, 0.3) is 0 Å². The van der Waals surface area contributed by atoms with Crippen LogP contribution in [0, 0.1) is 5.82 Å². The Morgan fingerprint density at radius 3 is 2.90 bits per heavy atom. The maximum atomic E-state index is 13.5. The van der Waals surface area contributed by atoms with Crippen molar-refractivity contribution < 1.29 is 18.7 Å². The second kappa shape index (κ2) is 6.08. The van der Waals surface area contributed by atoms with Crippen molar-refractivity contribution in [2.45, 2.75) is 32.2 Å². The summed E-state index contributed by atoms with van der Waals surface area (Å²) in [5.41, 5.74) is 0.204. The Kier molecular flexibility index (Phi) is 4.62. The SMILES string of the molecule is CC1(C)OCC(CNC(=O)Cc2c(F)cccc2Cl)O1. The number of carbonyl (C=O) groups excluding carboxylic acids is 1. The maximum Gasteiger partial charge on any atom is 0.224 e. The van der Waals surface area contributed by atoms with Crippen molar-refractivity contribution in [3.8, 4) is 0 Å². The highest BCUT2D eigenvalue weighted by Crippen LogP contribution is 2.22. The van der Waals surface area contributed by atoms with Gasteiger partial charge in [-0.2, -0.15) is 0 Å². The molecule has 0 spiro atoms. The normalized spacial score (nSPS) is 20.9. The van der Waals surface area contributed by atoms with Crippen molar-refractivity contribution in [3.05, 3.63) is 34.6 Å². The summed E-state index contributed by atoms with van der Waals surface area (Å²) in [6.07, 6.45) is -0.285. The summed E-state index contributed by atoms with van der Waals surface area (Å²) in [6.45, 7) is 4.38. The van der Waals surface area contributed by atoms with Crippen LogP contribution in [0.1, 0.15) is 19.4 Å². The Bertz CT molecular complexity index is 487. The molecule has 0 radical (unpaired) electrons. The lowest BCUT2D eigenvalue weighted by molar-refractivity contribution is -0.139. The summed E-state index contributed by atoms with van der Waals surface area (Å²) in [7, 11) is 0. The number of halogens is 2. The number of hydrogen-bond donors (Lipinski definition) is 1. The summed E-state index contributed by atoms with van der Waals surface area (Å²) in [6, 6.07) is 4.35. The number of carbonyl (C=O) groups is 1. The lowest BCUT2D eigenvalue weighted by atomic mass is 10.1. The number of benzene rings is 1. The van der Waals surface area contributed by atoms with E-state index in [1.54, 1.807) is 6.07 Å². The van der Waals surface area contributed by atoms with Crippen molar-refractivity contribution in [2.24, 2.45) is 0 Å². The number of rotatable bonds is 4. The molecule has 1 aromatic carbocycles. The lowest BCUT2D eigenvalue weighted by Crippen LogP contribution is -2.35. The van der Waals surface area contributed by atoms with Gasteiger partial charge >= 0.3 is 0 Å². The first-order valence-electron chi connectivity index (χ1n) is 6.39. The molecule has 1 amide bonds. The van der Waals surface area contributed by atoms with Crippen molar-refractivity contribution in [3.63, 3.8) is 0 Å². The Morgan fingerprint density at radius 1 is 1.55 bits per heavy atom. The molecule has 20 heavy (non-hydrogen) atoms. The van der Waals surface area contributed by atoms with Gasteiger partial charge in [-0.1, -0.05) is 17.7 Å². The van der Waals surface area contributed by atoms with Gasteiger partial charge in [-0.25, -0.2) is 4.39 Å². The molecule has 0 aliphatic carbocycles. The van der Waals surface area contributed by atoms with Crippen LogP contribution in [0.5, 0.6) is 0 Å². The molecule has 1 unspecified atom stereocenters. The second-order valence-corrected chi connectivity index (χ2v) is 5.54. The minimum absolute atomic E-state index is 0.0948. The molecular weight excluding hydrogens is 285 g/mol. The average molecular weight is 302 g/mol. The molecule has 1 N–H and O–H groups in total. The van der Waals surface area contributed by atoms with Gasteiger partial charge in [-0.3, -0.25) is 4.79 Å². The van der Waals surface area contributed by atoms with E-state index in [0.717, 1.165) is 0 Å². The molecule has 4 nitrogen and oxygen atoms in total. The van der Waals surface area contributed by atoms with E-state index in [1.165, 1.54) is 12.1 Å². The number of amides is 1. The Morgan fingerprint density at radius 2 is 2.30 bits per heavy atom. The first-order chi connectivity index (χ1) is 9.37. The maximum absolute atomic E-state index is 13.5. The van der Waals surface area contributed by atoms with E-state index in [2.05, 4.69) is 5.32 Å². The van der Waals surface area contributed by atoms with Crippen molar-refractivity contribution in [2.75, 3.05) is 13.2 Å². The summed E-state index contributed by atoms with van der Waals surface area (Å²) in [4.78, 5) is 11.8. The van der Waals surface area contributed by atoms with Gasteiger partial charge in [0.2, 0.25) is 5.91 Å². The predicted octanol–water partition coefficient (Wildman–Crippen LogP) is 2.29. The fourth-order valence-electron chi connectivity index (χ4n) is 2.02. The fourth-order valence-corrected chi connectivity index (χ4v) is 2.25. The third kappa shape index (κ3) is 3.91. The van der Waals surface area contributed by atoms with Crippen molar-refractivity contribution in [1.29, 1.82) is 0 Å². The topological polar surface area (TPSA) is 47.6 Å². The first-order valence-corrected chi connectivity index (χ1v) is 6.76. The molecule has 110 valence electrons. The van der Waals surface area contributed by atoms with Crippen LogP contribution in [0.4, 0.5) is 4.39 Å². The molecule has 1 aliphatic heterocycles. The predicted molar refractivity (Wildman–Crippen MR) is 73.0 cm³/mol.